The number of hydrogen-bond acceptors (Lipinski definition) is 2. The highest BCUT2D eigenvalue weighted by atomic mass is 16.2. The molecule has 1 amide bonds. The van der Waals surface area contributed by atoms with E-state index in [0.717, 1.165) is 24.1 Å². The molecule has 1 aliphatic rings. The minimum atomic E-state index is -0.0591. The fourth-order valence-corrected chi connectivity index (χ4v) is 1.98. The van der Waals surface area contributed by atoms with Crippen molar-refractivity contribution in [2.75, 3.05) is 5.32 Å². The van der Waals surface area contributed by atoms with Gasteiger partial charge in [-0.2, -0.15) is 0 Å². The largest absolute Gasteiger partial charge is 0.328 e. The maximum Gasteiger partial charge on any atom is 0.232 e. The zero-order valence-electron chi connectivity index (χ0n) is 8.86. The number of rotatable bonds is 3. The molecule has 1 aliphatic heterocycles. The SMILES string of the molecule is CCC(N)CC1C(=O)Nc2ccccc21. The summed E-state index contributed by atoms with van der Waals surface area (Å²) in [5.74, 6) is 0.0243. The molecule has 1 aromatic rings. The molecule has 0 aliphatic carbocycles. The smallest absolute Gasteiger partial charge is 0.232 e. The van der Waals surface area contributed by atoms with Gasteiger partial charge in [0.05, 0.1) is 5.92 Å². The summed E-state index contributed by atoms with van der Waals surface area (Å²) in [7, 11) is 0. The van der Waals surface area contributed by atoms with E-state index >= 15 is 0 Å². The van der Waals surface area contributed by atoms with Gasteiger partial charge in [-0.1, -0.05) is 25.1 Å². The number of para-hydroxylation sites is 1. The monoisotopic (exact) mass is 204 g/mol. The second kappa shape index (κ2) is 4.03. The van der Waals surface area contributed by atoms with Crippen LogP contribution in [-0.4, -0.2) is 11.9 Å². The molecule has 0 saturated heterocycles. The molecule has 3 heteroatoms. The number of benzene rings is 1. The Morgan fingerprint density at radius 3 is 2.93 bits per heavy atom. The maximum atomic E-state index is 11.7. The highest BCUT2D eigenvalue weighted by molar-refractivity contribution is 6.02. The van der Waals surface area contributed by atoms with Crippen molar-refractivity contribution in [1.82, 2.24) is 0 Å². The van der Waals surface area contributed by atoms with Gasteiger partial charge in [-0.05, 0) is 24.5 Å². The second-order valence-electron chi connectivity index (χ2n) is 4.03. The van der Waals surface area contributed by atoms with E-state index in [2.05, 4.69) is 5.32 Å². The maximum absolute atomic E-state index is 11.7. The number of amides is 1. The fourth-order valence-electron chi connectivity index (χ4n) is 1.98. The molecule has 0 radical (unpaired) electrons. The number of anilines is 1. The third-order valence-electron chi connectivity index (χ3n) is 2.97. The third kappa shape index (κ3) is 1.88. The molecule has 0 fully saturated rings. The molecule has 80 valence electrons. The molecule has 2 rings (SSSR count). The van der Waals surface area contributed by atoms with E-state index in [4.69, 9.17) is 5.73 Å². The first-order chi connectivity index (χ1) is 7.22. The molecule has 0 spiro atoms. The van der Waals surface area contributed by atoms with Crippen molar-refractivity contribution in [1.29, 1.82) is 0 Å². The number of carbonyl (C=O) groups excluding carboxylic acids is 1. The number of nitrogens with one attached hydrogen (secondary N) is 1. The molecule has 1 aromatic carbocycles. The van der Waals surface area contributed by atoms with E-state index in [0.29, 0.717) is 0 Å². The summed E-state index contributed by atoms with van der Waals surface area (Å²) in [6.45, 7) is 2.05. The Hall–Kier alpha value is -1.35. The zero-order chi connectivity index (χ0) is 10.8. The molecule has 15 heavy (non-hydrogen) atoms. The van der Waals surface area contributed by atoms with Crippen LogP contribution in [0.1, 0.15) is 31.2 Å². The Labute approximate surface area is 89.7 Å². The zero-order valence-corrected chi connectivity index (χ0v) is 8.86. The van der Waals surface area contributed by atoms with Gasteiger partial charge in [0.25, 0.3) is 0 Å². The van der Waals surface area contributed by atoms with Crippen LogP contribution in [-0.2, 0) is 4.79 Å². The molecule has 0 saturated carbocycles. The molecular weight excluding hydrogens is 188 g/mol. The lowest BCUT2D eigenvalue weighted by Gasteiger charge is -2.13. The average Bonchev–Trinajstić information content (AvgIpc) is 2.55. The Morgan fingerprint density at radius 2 is 2.20 bits per heavy atom. The number of fused-ring (bicyclic) bond motifs is 1. The van der Waals surface area contributed by atoms with Gasteiger partial charge in [0, 0.05) is 11.7 Å². The van der Waals surface area contributed by atoms with Gasteiger partial charge in [-0.3, -0.25) is 4.79 Å². The Morgan fingerprint density at radius 1 is 1.47 bits per heavy atom. The van der Waals surface area contributed by atoms with Crippen LogP contribution in [0.5, 0.6) is 0 Å². The van der Waals surface area contributed by atoms with E-state index in [-0.39, 0.29) is 17.9 Å². The number of carbonyl (C=O) groups is 1. The van der Waals surface area contributed by atoms with Crippen LogP contribution in [0.2, 0.25) is 0 Å². The van der Waals surface area contributed by atoms with Crippen molar-refractivity contribution in [3.63, 3.8) is 0 Å². The Balaban J connectivity index is 2.22. The molecule has 2 unspecified atom stereocenters. The third-order valence-corrected chi connectivity index (χ3v) is 2.97. The summed E-state index contributed by atoms with van der Waals surface area (Å²) >= 11 is 0. The van der Waals surface area contributed by atoms with E-state index in [1.54, 1.807) is 0 Å². The van der Waals surface area contributed by atoms with E-state index < -0.39 is 0 Å². The Bertz CT molecular complexity index is 376. The van der Waals surface area contributed by atoms with Gasteiger partial charge in [0.15, 0.2) is 0 Å². The van der Waals surface area contributed by atoms with Crippen molar-refractivity contribution in [2.45, 2.75) is 31.7 Å². The molecule has 3 N–H and O–H groups in total. The first kappa shape index (κ1) is 10.2. The molecule has 2 atom stereocenters. The van der Waals surface area contributed by atoms with Crippen LogP contribution < -0.4 is 11.1 Å². The molecule has 3 nitrogen and oxygen atoms in total. The van der Waals surface area contributed by atoms with Crippen molar-refractivity contribution >= 4 is 11.6 Å². The fraction of sp³-hybridized carbons (Fsp3) is 0.417. The van der Waals surface area contributed by atoms with Gasteiger partial charge in [0.1, 0.15) is 0 Å². The quantitative estimate of drug-likeness (QED) is 0.789. The summed E-state index contributed by atoms with van der Waals surface area (Å²) in [5, 5.41) is 2.88. The predicted octanol–water partition coefficient (Wildman–Crippen LogP) is 1.85. The van der Waals surface area contributed by atoms with Gasteiger partial charge in [-0.15, -0.1) is 0 Å². The lowest BCUT2D eigenvalue weighted by atomic mass is 9.93. The Kier molecular flexibility index (Phi) is 2.73. The van der Waals surface area contributed by atoms with Crippen LogP contribution in [0, 0.1) is 0 Å². The molecular formula is C12H16N2O. The predicted molar refractivity (Wildman–Crippen MR) is 60.7 cm³/mol. The van der Waals surface area contributed by atoms with Gasteiger partial charge in [-0.25, -0.2) is 0 Å². The normalized spacial score (nSPS) is 20.9. The van der Waals surface area contributed by atoms with Crippen molar-refractivity contribution in [2.24, 2.45) is 5.73 Å². The van der Waals surface area contributed by atoms with Gasteiger partial charge in [0.2, 0.25) is 5.91 Å². The summed E-state index contributed by atoms with van der Waals surface area (Å²) in [6.07, 6.45) is 1.64. The molecule has 1 heterocycles. The highest BCUT2D eigenvalue weighted by Gasteiger charge is 2.30. The summed E-state index contributed by atoms with van der Waals surface area (Å²) in [6, 6.07) is 7.93. The summed E-state index contributed by atoms with van der Waals surface area (Å²) in [5.41, 5.74) is 7.92. The van der Waals surface area contributed by atoms with Crippen molar-refractivity contribution in [3.05, 3.63) is 29.8 Å². The van der Waals surface area contributed by atoms with Gasteiger partial charge < -0.3 is 11.1 Å². The number of hydrogen-bond donors (Lipinski definition) is 2. The molecule has 0 bridgehead atoms. The van der Waals surface area contributed by atoms with Crippen LogP contribution in [0.3, 0.4) is 0 Å². The summed E-state index contributed by atoms with van der Waals surface area (Å²) < 4.78 is 0. The van der Waals surface area contributed by atoms with Crippen LogP contribution in [0.4, 0.5) is 5.69 Å². The topological polar surface area (TPSA) is 55.1 Å². The van der Waals surface area contributed by atoms with Crippen molar-refractivity contribution in [3.8, 4) is 0 Å². The van der Waals surface area contributed by atoms with E-state index in [1.807, 2.05) is 31.2 Å². The summed E-state index contributed by atoms with van der Waals surface area (Å²) in [4.78, 5) is 11.7. The molecule has 0 aromatic heterocycles. The lowest BCUT2D eigenvalue weighted by molar-refractivity contribution is -0.117. The standard InChI is InChI=1S/C12H16N2O/c1-2-8(13)7-10-9-5-3-4-6-11(9)14-12(10)15/h3-6,8,10H,2,7,13H2,1H3,(H,14,15). The van der Waals surface area contributed by atoms with Crippen LogP contribution >= 0.6 is 0 Å². The van der Waals surface area contributed by atoms with Gasteiger partial charge >= 0.3 is 0 Å². The minimum absolute atomic E-state index is 0.0591. The average molecular weight is 204 g/mol. The first-order valence-electron chi connectivity index (χ1n) is 5.37. The minimum Gasteiger partial charge on any atom is -0.328 e. The van der Waals surface area contributed by atoms with Crippen LogP contribution in [0.25, 0.3) is 0 Å². The van der Waals surface area contributed by atoms with E-state index in [9.17, 15) is 4.79 Å². The highest BCUT2D eigenvalue weighted by Crippen LogP contribution is 2.34. The lowest BCUT2D eigenvalue weighted by Crippen LogP contribution is -2.24. The van der Waals surface area contributed by atoms with Crippen molar-refractivity contribution < 1.29 is 4.79 Å². The second-order valence-corrected chi connectivity index (χ2v) is 4.03. The van der Waals surface area contributed by atoms with E-state index in [1.165, 1.54) is 0 Å². The van der Waals surface area contributed by atoms with Crippen LogP contribution in [0.15, 0.2) is 24.3 Å². The number of nitrogens with two attached hydrogens (primary N) is 1. The first-order valence-corrected chi connectivity index (χ1v) is 5.37.